The molecule has 0 amide bonds. The quantitative estimate of drug-likeness (QED) is 0.907. The van der Waals surface area contributed by atoms with E-state index in [0.717, 1.165) is 24.8 Å². The molecule has 1 heterocycles. The zero-order valence-corrected chi connectivity index (χ0v) is 13.1. The molecule has 1 aromatic rings. The number of nitrogens with two attached hydrogens (primary N) is 1. The van der Waals surface area contributed by atoms with Gasteiger partial charge < -0.3 is 5.73 Å². The van der Waals surface area contributed by atoms with E-state index in [1.54, 1.807) is 28.6 Å². The summed E-state index contributed by atoms with van der Waals surface area (Å²) in [5, 5.41) is 0. The van der Waals surface area contributed by atoms with Gasteiger partial charge in [-0.25, -0.2) is 8.42 Å². The van der Waals surface area contributed by atoms with Gasteiger partial charge in [0.05, 0.1) is 4.90 Å². The van der Waals surface area contributed by atoms with E-state index in [9.17, 15) is 8.42 Å². The number of nitrogens with zero attached hydrogens (tertiary/aromatic N) is 1. The fraction of sp³-hybridized carbons (Fsp3) is 0.600. The lowest BCUT2D eigenvalue weighted by Gasteiger charge is -2.26. The second-order valence-corrected chi connectivity index (χ2v) is 7.58. The van der Waals surface area contributed by atoms with E-state index >= 15 is 0 Å². The number of hydrogen-bond acceptors (Lipinski definition) is 3. The second-order valence-electron chi connectivity index (χ2n) is 5.64. The van der Waals surface area contributed by atoms with Crippen molar-refractivity contribution < 1.29 is 8.42 Å². The first-order chi connectivity index (χ1) is 9.47. The molecule has 0 bridgehead atoms. The highest BCUT2D eigenvalue weighted by molar-refractivity contribution is 7.89. The van der Waals surface area contributed by atoms with Crippen molar-refractivity contribution in [3.63, 3.8) is 0 Å². The van der Waals surface area contributed by atoms with E-state index in [2.05, 4.69) is 13.8 Å². The van der Waals surface area contributed by atoms with Crippen molar-refractivity contribution in [3.8, 4) is 0 Å². The van der Waals surface area contributed by atoms with Gasteiger partial charge in [-0.15, -0.1) is 0 Å². The molecule has 1 aromatic carbocycles. The Morgan fingerprint density at radius 1 is 1.20 bits per heavy atom. The van der Waals surface area contributed by atoms with Gasteiger partial charge in [-0.2, -0.15) is 4.31 Å². The summed E-state index contributed by atoms with van der Waals surface area (Å²) in [6.07, 6.45) is 3.02. The van der Waals surface area contributed by atoms with Crippen LogP contribution in [-0.2, 0) is 16.6 Å². The predicted octanol–water partition coefficient (Wildman–Crippen LogP) is 2.35. The molecule has 20 heavy (non-hydrogen) atoms. The molecule has 0 atom stereocenters. The van der Waals surface area contributed by atoms with Crippen LogP contribution in [-0.4, -0.2) is 25.8 Å². The van der Waals surface area contributed by atoms with E-state index in [0.29, 0.717) is 24.5 Å². The van der Waals surface area contributed by atoms with Crippen LogP contribution in [0.1, 0.15) is 38.7 Å². The Labute approximate surface area is 122 Å². The molecule has 1 fully saturated rings. The highest BCUT2D eigenvalue weighted by Crippen LogP contribution is 2.39. The number of benzene rings is 1. The standard InChI is InChI=1S/C15H24N2O2S/c1-3-15(4-2)9-10-17(12-15)20(18,19)14-7-5-13(11-16)6-8-14/h5-8H,3-4,9-12,16H2,1-2H3. The maximum Gasteiger partial charge on any atom is 0.243 e. The summed E-state index contributed by atoms with van der Waals surface area (Å²) < 4.78 is 26.9. The van der Waals surface area contributed by atoms with Gasteiger partial charge in [0.15, 0.2) is 0 Å². The monoisotopic (exact) mass is 296 g/mol. The molecule has 5 heteroatoms. The molecule has 0 aliphatic carbocycles. The Morgan fingerprint density at radius 3 is 2.25 bits per heavy atom. The predicted molar refractivity (Wildman–Crippen MR) is 80.7 cm³/mol. The van der Waals surface area contributed by atoms with Crippen LogP contribution >= 0.6 is 0 Å². The SMILES string of the molecule is CCC1(CC)CCN(S(=O)(=O)c2ccc(CN)cc2)C1. The minimum Gasteiger partial charge on any atom is -0.326 e. The van der Waals surface area contributed by atoms with Crippen molar-refractivity contribution in [2.75, 3.05) is 13.1 Å². The first-order valence-corrected chi connectivity index (χ1v) is 8.70. The summed E-state index contributed by atoms with van der Waals surface area (Å²) in [6.45, 7) is 5.99. The minimum atomic E-state index is -3.36. The molecule has 1 aliphatic rings. The lowest BCUT2D eigenvalue weighted by Crippen LogP contribution is -2.31. The molecule has 1 aliphatic heterocycles. The minimum absolute atomic E-state index is 0.157. The van der Waals surface area contributed by atoms with Crippen molar-refractivity contribution in [2.45, 2.75) is 44.6 Å². The summed E-state index contributed by atoms with van der Waals surface area (Å²) in [5.41, 5.74) is 6.65. The number of hydrogen-bond donors (Lipinski definition) is 1. The smallest absolute Gasteiger partial charge is 0.243 e. The summed E-state index contributed by atoms with van der Waals surface area (Å²) >= 11 is 0. The van der Waals surface area contributed by atoms with E-state index in [1.807, 2.05) is 0 Å². The fourth-order valence-corrected chi connectivity index (χ4v) is 4.43. The Bertz CT molecular complexity index is 548. The van der Waals surface area contributed by atoms with Gasteiger partial charge in [0.25, 0.3) is 0 Å². The summed E-state index contributed by atoms with van der Waals surface area (Å²) in [5.74, 6) is 0. The molecule has 0 radical (unpaired) electrons. The molecular formula is C15H24N2O2S. The lowest BCUT2D eigenvalue weighted by atomic mass is 9.82. The third kappa shape index (κ3) is 2.75. The van der Waals surface area contributed by atoms with Crippen LogP contribution < -0.4 is 5.73 Å². The van der Waals surface area contributed by atoms with E-state index in [-0.39, 0.29) is 5.41 Å². The van der Waals surface area contributed by atoms with Crippen molar-refractivity contribution in [2.24, 2.45) is 11.1 Å². The molecule has 4 nitrogen and oxygen atoms in total. The Balaban J connectivity index is 2.23. The van der Waals surface area contributed by atoms with Crippen molar-refractivity contribution >= 4 is 10.0 Å². The topological polar surface area (TPSA) is 63.4 Å². The second kappa shape index (κ2) is 5.84. The molecule has 2 N–H and O–H groups in total. The maximum atomic E-state index is 12.6. The zero-order valence-electron chi connectivity index (χ0n) is 12.3. The van der Waals surface area contributed by atoms with Crippen molar-refractivity contribution in [1.82, 2.24) is 4.31 Å². The number of sulfonamides is 1. The molecule has 2 rings (SSSR count). The first-order valence-electron chi connectivity index (χ1n) is 7.26. The van der Waals surface area contributed by atoms with Gasteiger partial charge in [-0.3, -0.25) is 0 Å². The summed E-state index contributed by atoms with van der Waals surface area (Å²) in [4.78, 5) is 0.373. The van der Waals surface area contributed by atoms with Crippen LogP contribution in [0, 0.1) is 5.41 Å². The van der Waals surface area contributed by atoms with Crippen LogP contribution in [0.3, 0.4) is 0 Å². The zero-order chi connectivity index (χ0) is 14.8. The van der Waals surface area contributed by atoms with Crippen LogP contribution in [0.15, 0.2) is 29.2 Å². The van der Waals surface area contributed by atoms with Gasteiger partial charge in [-0.1, -0.05) is 26.0 Å². The van der Waals surface area contributed by atoms with Gasteiger partial charge in [0.2, 0.25) is 10.0 Å². The molecule has 1 saturated heterocycles. The molecule has 0 unspecified atom stereocenters. The Morgan fingerprint density at radius 2 is 1.80 bits per heavy atom. The van der Waals surface area contributed by atoms with Gasteiger partial charge in [0, 0.05) is 19.6 Å². The summed E-state index contributed by atoms with van der Waals surface area (Å²) in [6, 6.07) is 6.90. The fourth-order valence-electron chi connectivity index (χ4n) is 2.87. The van der Waals surface area contributed by atoms with Gasteiger partial charge in [0.1, 0.15) is 0 Å². The molecule has 0 aromatic heterocycles. The van der Waals surface area contributed by atoms with Crippen molar-refractivity contribution in [3.05, 3.63) is 29.8 Å². The van der Waals surface area contributed by atoms with Gasteiger partial charge in [-0.05, 0) is 42.4 Å². The normalized spacial score (nSPS) is 19.4. The highest BCUT2D eigenvalue weighted by Gasteiger charge is 2.40. The Hall–Kier alpha value is -0.910. The molecule has 112 valence electrons. The van der Waals surface area contributed by atoms with Crippen LogP contribution in [0.4, 0.5) is 0 Å². The van der Waals surface area contributed by atoms with Crippen LogP contribution in [0.5, 0.6) is 0 Å². The largest absolute Gasteiger partial charge is 0.326 e. The van der Waals surface area contributed by atoms with E-state index in [1.165, 1.54) is 0 Å². The van der Waals surface area contributed by atoms with Gasteiger partial charge >= 0.3 is 0 Å². The third-order valence-corrected chi connectivity index (χ3v) is 6.56. The summed E-state index contributed by atoms with van der Waals surface area (Å²) in [7, 11) is -3.36. The van der Waals surface area contributed by atoms with E-state index in [4.69, 9.17) is 5.73 Å². The average Bonchev–Trinajstić information content (AvgIpc) is 2.93. The van der Waals surface area contributed by atoms with Crippen LogP contribution in [0.2, 0.25) is 0 Å². The Kier molecular flexibility index (Phi) is 4.52. The van der Waals surface area contributed by atoms with E-state index < -0.39 is 10.0 Å². The molecular weight excluding hydrogens is 272 g/mol. The maximum absolute atomic E-state index is 12.6. The van der Waals surface area contributed by atoms with Crippen molar-refractivity contribution in [1.29, 1.82) is 0 Å². The highest BCUT2D eigenvalue weighted by atomic mass is 32.2. The third-order valence-electron chi connectivity index (χ3n) is 4.70. The molecule has 0 saturated carbocycles. The lowest BCUT2D eigenvalue weighted by molar-refractivity contribution is 0.279. The molecule has 0 spiro atoms. The number of rotatable bonds is 5. The average molecular weight is 296 g/mol. The van der Waals surface area contributed by atoms with Crippen LogP contribution in [0.25, 0.3) is 0 Å². The first kappa shape index (κ1) is 15.5.